The first-order valence-corrected chi connectivity index (χ1v) is 13.1. The largest absolute Gasteiger partial charge is 0.461 e. The Morgan fingerprint density at radius 3 is 2.87 bits per heavy atom. The van der Waals surface area contributed by atoms with Crippen molar-refractivity contribution in [3.8, 4) is 0 Å². The zero-order valence-electron chi connectivity index (χ0n) is 19.2. The summed E-state index contributed by atoms with van der Waals surface area (Å²) in [6, 6.07) is 0.531. The molecule has 0 unspecified atom stereocenters. The summed E-state index contributed by atoms with van der Waals surface area (Å²) < 4.78 is 5.98. The molecule has 0 aromatic carbocycles. The monoisotopic (exact) mass is 411 g/mol. The summed E-state index contributed by atoms with van der Waals surface area (Å²) in [5, 5.41) is 3.89. The van der Waals surface area contributed by atoms with Gasteiger partial charge in [-0.05, 0) is 99.2 Å². The number of carbonyl (C=O) groups is 1. The fraction of sp³-hybridized carbons (Fsp3) is 0.889. The first-order valence-electron chi connectivity index (χ1n) is 13.1. The highest BCUT2D eigenvalue weighted by atomic mass is 16.6. The summed E-state index contributed by atoms with van der Waals surface area (Å²) in [7, 11) is 0. The second-order valence-electron chi connectivity index (χ2n) is 12.4. The van der Waals surface area contributed by atoms with Crippen molar-refractivity contribution in [1.29, 1.82) is 0 Å². The Morgan fingerprint density at radius 1 is 1.20 bits per heavy atom. The van der Waals surface area contributed by atoms with E-state index in [0.717, 1.165) is 42.6 Å². The van der Waals surface area contributed by atoms with E-state index in [2.05, 4.69) is 32.2 Å². The van der Waals surface area contributed by atoms with Gasteiger partial charge in [-0.2, -0.15) is 0 Å². The molecule has 3 nitrogen and oxygen atoms in total. The lowest BCUT2D eigenvalue weighted by atomic mass is 9.59. The summed E-state index contributed by atoms with van der Waals surface area (Å²) in [5.74, 6) is 5.78. The molecule has 6 aliphatic rings. The van der Waals surface area contributed by atoms with Gasteiger partial charge in [-0.3, -0.25) is 4.79 Å². The van der Waals surface area contributed by atoms with Crippen molar-refractivity contribution < 1.29 is 9.53 Å². The highest BCUT2D eigenvalue weighted by Gasteiger charge is 2.53. The van der Waals surface area contributed by atoms with Crippen molar-refractivity contribution >= 4 is 5.97 Å². The molecule has 3 bridgehead atoms. The molecular weight excluding hydrogens is 370 g/mol. The maximum absolute atomic E-state index is 12.9. The maximum atomic E-state index is 12.9. The van der Waals surface area contributed by atoms with Crippen LogP contribution in [0, 0.1) is 52.8 Å². The van der Waals surface area contributed by atoms with Crippen LogP contribution in [0.15, 0.2) is 11.6 Å². The Morgan fingerprint density at radius 2 is 2.00 bits per heavy atom. The Labute approximate surface area is 182 Å². The topological polar surface area (TPSA) is 38.3 Å². The van der Waals surface area contributed by atoms with E-state index in [1.807, 2.05) is 0 Å². The van der Waals surface area contributed by atoms with Crippen LogP contribution >= 0.6 is 0 Å². The van der Waals surface area contributed by atoms with E-state index in [9.17, 15) is 4.79 Å². The number of hydrogen-bond acceptors (Lipinski definition) is 3. The van der Waals surface area contributed by atoms with Crippen LogP contribution in [0.1, 0.15) is 78.6 Å². The predicted molar refractivity (Wildman–Crippen MR) is 119 cm³/mol. The number of rotatable bonds is 4. The second kappa shape index (κ2) is 7.09. The average molecular weight is 412 g/mol. The molecule has 0 amide bonds. The SMILES string of the molecule is C[C@H](NC[C@@H]1C(=O)O[C@@H]2C[C@@]3(C)CCC[C@H](C)C3=C[C@H]12)[C@@H]1[C@H]2CC[C@H]3C[C@@H](C2)C[C@H]31. The van der Waals surface area contributed by atoms with Gasteiger partial charge < -0.3 is 10.1 Å². The van der Waals surface area contributed by atoms with Gasteiger partial charge in [-0.15, -0.1) is 0 Å². The quantitative estimate of drug-likeness (QED) is 0.500. The van der Waals surface area contributed by atoms with Crippen LogP contribution in [0.25, 0.3) is 0 Å². The van der Waals surface area contributed by atoms with E-state index in [4.69, 9.17) is 4.74 Å². The van der Waals surface area contributed by atoms with Crippen LogP contribution in [0.2, 0.25) is 0 Å². The van der Waals surface area contributed by atoms with Crippen LogP contribution in [0.3, 0.4) is 0 Å². The van der Waals surface area contributed by atoms with Crippen LogP contribution in [-0.4, -0.2) is 24.7 Å². The van der Waals surface area contributed by atoms with Gasteiger partial charge in [0.2, 0.25) is 0 Å². The number of carbonyl (C=O) groups excluding carboxylic acids is 1. The predicted octanol–water partition coefficient (Wildman–Crippen LogP) is 5.35. The van der Waals surface area contributed by atoms with Crippen LogP contribution in [0.5, 0.6) is 0 Å². The third kappa shape index (κ3) is 2.97. The third-order valence-corrected chi connectivity index (χ3v) is 10.7. The van der Waals surface area contributed by atoms with Gasteiger partial charge in [0.05, 0.1) is 5.92 Å². The normalized spacial score (nSPS) is 52.4. The number of nitrogens with one attached hydrogen (secondary N) is 1. The first kappa shape index (κ1) is 19.8. The molecular formula is C27H41NO2. The fourth-order valence-electron chi connectivity index (χ4n) is 9.46. The summed E-state index contributed by atoms with van der Waals surface area (Å²) in [4.78, 5) is 12.9. The molecule has 0 aromatic rings. The van der Waals surface area contributed by atoms with Crippen molar-refractivity contribution in [2.75, 3.05) is 6.54 Å². The maximum Gasteiger partial charge on any atom is 0.311 e. The smallest absolute Gasteiger partial charge is 0.311 e. The lowest BCUT2D eigenvalue weighted by Gasteiger charge is -2.46. The average Bonchev–Trinajstić information content (AvgIpc) is 3.10. The Balaban J connectivity index is 1.16. The molecule has 6 rings (SSSR count). The molecule has 1 N–H and O–H groups in total. The molecule has 5 aliphatic carbocycles. The van der Waals surface area contributed by atoms with E-state index in [0.29, 0.717) is 17.9 Å². The summed E-state index contributed by atoms with van der Waals surface area (Å²) in [5.41, 5.74) is 1.89. The highest BCUT2D eigenvalue weighted by Crippen LogP contribution is 2.59. The summed E-state index contributed by atoms with van der Waals surface area (Å²) in [6.07, 6.45) is 14.9. The molecule has 4 saturated carbocycles. The minimum Gasteiger partial charge on any atom is -0.461 e. The first-order chi connectivity index (χ1) is 14.4. The van der Waals surface area contributed by atoms with Gasteiger partial charge >= 0.3 is 5.97 Å². The molecule has 5 fully saturated rings. The minimum absolute atomic E-state index is 0.0146. The number of fused-ring (bicyclic) bond motifs is 4. The van der Waals surface area contributed by atoms with E-state index >= 15 is 0 Å². The number of allylic oxidation sites excluding steroid dienone is 1. The van der Waals surface area contributed by atoms with Crippen molar-refractivity contribution in [3.05, 3.63) is 11.6 Å². The standard InChI is InChI=1S/C27H41NO2/c1-15-5-4-8-27(3)13-24-21(12-23(15)27)22(26(29)30-24)14-28-16(2)25-19-7-6-18-9-17(10-19)11-20(18)25/h12,15-22,24-25,28H,4-11,13-14H2,1-3H3/t15-,16-,17-,18-,19-,20+,21+,22-,24+,25+,27+/m0/s1. The fourth-order valence-corrected chi connectivity index (χ4v) is 9.46. The van der Waals surface area contributed by atoms with Crippen LogP contribution in [0.4, 0.5) is 0 Å². The second-order valence-corrected chi connectivity index (χ2v) is 12.4. The zero-order chi connectivity index (χ0) is 20.6. The lowest BCUT2D eigenvalue weighted by Crippen LogP contribution is -2.48. The van der Waals surface area contributed by atoms with Crippen molar-refractivity contribution in [2.45, 2.75) is 90.7 Å². The Kier molecular flexibility index (Phi) is 4.68. The van der Waals surface area contributed by atoms with Crippen LogP contribution < -0.4 is 5.32 Å². The summed E-state index contributed by atoms with van der Waals surface area (Å²) in [6.45, 7) is 8.03. The molecule has 1 saturated heterocycles. The van der Waals surface area contributed by atoms with Crippen LogP contribution in [-0.2, 0) is 9.53 Å². The number of ether oxygens (including phenoxy) is 1. The van der Waals surface area contributed by atoms with E-state index in [1.165, 1.54) is 51.4 Å². The van der Waals surface area contributed by atoms with Gasteiger partial charge in [0.25, 0.3) is 0 Å². The van der Waals surface area contributed by atoms with Gasteiger partial charge in [0.15, 0.2) is 0 Å². The molecule has 11 atom stereocenters. The van der Waals surface area contributed by atoms with E-state index in [-0.39, 0.29) is 23.4 Å². The molecule has 0 aromatic heterocycles. The molecule has 1 heterocycles. The van der Waals surface area contributed by atoms with Crippen molar-refractivity contribution in [1.82, 2.24) is 5.32 Å². The van der Waals surface area contributed by atoms with Crippen molar-refractivity contribution in [2.24, 2.45) is 52.8 Å². The molecule has 166 valence electrons. The number of esters is 1. The highest BCUT2D eigenvalue weighted by molar-refractivity contribution is 5.76. The molecule has 1 aliphatic heterocycles. The molecule has 0 radical (unpaired) electrons. The molecule has 0 spiro atoms. The summed E-state index contributed by atoms with van der Waals surface area (Å²) >= 11 is 0. The Hall–Kier alpha value is -0.830. The Bertz CT molecular complexity index is 745. The lowest BCUT2D eigenvalue weighted by molar-refractivity contribution is -0.145. The van der Waals surface area contributed by atoms with Gasteiger partial charge in [0, 0.05) is 18.5 Å². The number of hydrogen-bond donors (Lipinski definition) is 1. The minimum atomic E-state index is 0.0146. The molecule has 3 heteroatoms. The van der Waals surface area contributed by atoms with Crippen molar-refractivity contribution in [3.63, 3.8) is 0 Å². The third-order valence-electron chi connectivity index (χ3n) is 10.7. The zero-order valence-corrected chi connectivity index (χ0v) is 19.2. The van der Waals surface area contributed by atoms with Gasteiger partial charge in [0.1, 0.15) is 6.10 Å². The molecule has 30 heavy (non-hydrogen) atoms. The van der Waals surface area contributed by atoms with Gasteiger partial charge in [-0.25, -0.2) is 0 Å². The van der Waals surface area contributed by atoms with E-state index in [1.54, 1.807) is 5.57 Å². The van der Waals surface area contributed by atoms with E-state index < -0.39 is 0 Å². The van der Waals surface area contributed by atoms with Gasteiger partial charge in [-0.1, -0.05) is 31.9 Å².